The van der Waals surface area contributed by atoms with Crippen LogP contribution >= 0.6 is 11.6 Å². The fourth-order valence-electron chi connectivity index (χ4n) is 1.99. The highest BCUT2D eigenvalue weighted by atomic mass is 35.5. The molecule has 1 atom stereocenters. The Balaban J connectivity index is 2.30. The zero-order valence-corrected chi connectivity index (χ0v) is 12.5. The third-order valence-corrected chi connectivity index (χ3v) is 3.75. The predicted octanol–water partition coefficient (Wildman–Crippen LogP) is 2.33. The number of alkyl halides is 6. The van der Waals surface area contributed by atoms with Crippen molar-refractivity contribution >= 4 is 23.7 Å². The molecule has 134 valence electrons. The van der Waals surface area contributed by atoms with Gasteiger partial charge < -0.3 is 5.11 Å². The van der Waals surface area contributed by atoms with Crippen LogP contribution in [0.2, 0.25) is 5.02 Å². The lowest BCUT2D eigenvalue weighted by molar-refractivity contribution is -0.302. The first-order valence-electron chi connectivity index (χ1n) is 6.23. The Kier molecular flexibility index (Phi) is 4.34. The van der Waals surface area contributed by atoms with Crippen molar-refractivity contribution in [1.82, 2.24) is 14.8 Å². The van der Waals surface area contributed by atoms with Crippen LogP contribution in [0.15, 0.2) is 5.10 Å². The van der Waals surface area contributed by atoms with Crippen molar-refractivity contribution in [2.45, 2.75) is 38.0 Å². The van der Waals surface area contributed by atoms with E-state index in [2.05, 4.69) is 10.2 Å². The maximum Gasteiger partial charge on any atom is 0.438 e. The molecule has 0 saturated carbocycles. The number of hydrogen-bond acceptors (Lipinski definition) is 4. The van der Waals surface area contributed by atoms with Crippen molar-refractivity contribution < 1.29 is 36.2 Å². The number of amides is 1. The van der Waals surface area contributed by atoms with E-state index in [-0.39, 0.29) is 10.7 Å². The molecule has 0 unspecified atom stereocenters. The molecular formula is C11H9ClF6N4O2. The second kappa shape index (κ2) is 5.62. The minimum absolute atomic E-state index is 0.227. The van der Waals surface area contributed by atoms with Crippen LogP contribution in [-0.2, 0) is 17.5 Å². The molecule has 0 fully saturated rings. The van der Waals surface area contributed by atoms with E-state index < -0.39 is 47.7 Å². The molecule has 2 heterocycles. The van der Waals surface area contributed by atoms with Gasteiger partial charge in [-0.1, -0.05) is 11.6 Å². The summed E-state index contributed by atoms with van der Waals surface area (Å²) in [6, 6.07) is 0. The maximum atomic E-state index is 12.9. The molecule has 0 bridgehead atoms. The first kappa shape index (κ1) is 18.5. The van der Waals surface area contributed by atoms with Crippen molar-refractivity contribution in [3.8, 4) is 0 Å². The molecule has 0 spiro atoms. The predicted molar refractivity (Wildman–Crippen MR) is 67.9 cm³/mol. The van der Waals surface area contributed by atoms with E-state index in [0.717, 1.165) is 6.92 Å². The van der Waals surface area contributed by atoms with Gasteiger partial charge in [0.05, 0.1) is 10.7 Å². The molecule has 1 aromatic heterocycles. The largest absolute Gasteiger partial charge is 0.438 e. The Morgan fingerprint density at radius 3 is 2.42 bits per heavy atom. The van der Waals surface area contributed by atoms with Crippen LogP contribution in [0.4, 0.5) is 26.3 Å². The van der Waals surface area contributed by atoms with Crippen LogP contribution in [0.1, 0.15) is 17.8 Å². The van der Waals surface area contributed by atoms with E-state index in [1.54, 1.807) is 0 Å². The van der Waals surface area contributed by atoms with E-state index in [0.29, 0.717) is 10.9 Å². The Morgan fingerprint density at radius 1 is 1.38 bits per heavy atom. The van der Waals surface area contributed by atoms with Crippen molar-refractivity contribution in [1.29, 1.82) is 0 Å². The highest BCUT2D eigenvalue weighted by Gasteiger charge is 2.61. The molecule has 0 aromatic carbocycles. The SMILES string of the molecule is Cc1c(Cl)c(C(F)(F)F)nn1CC(=O)N1N=CC[C@]1(O)C(F)(F)F. The number of aromatic nitrogens is 2. The third-order valence-electron chi connectivity index (χ3n) is 3.30. The average molecular weight is 379 g/mol. The molecule has 1 aromatic rings. The summed E-state index contributed by atoms with van der Waals surface area (Å²) < 4.78 is 77.2. The molecule has 13 heteroatoms. The normalized spacial score (nSPS) is 21.6. The van der Waals surface area contributed by atoms with E-state index in [4.69, 9.17) is 11.6 Å². The number of hydrazone groups is 1. The van der Waals surface area contributed by atoms with Gasteiger partial charge in [-0.15, -0.1) is 0 Å². The number of carbonyl (C=O) groups is 1. The Bertz CT molecular complexity index is 698. The number of aliphatic hydroxyl groups is 1. The molecule has 0 radical (unpaired) electrons. The molecule has 6 nitrogen and oxygen atoms in total. The number of rotatable bonds is 2. The average Bonchev–Trinajstić information content (AvgIpc) is 2.94. The number of halogens is 7. The summed E-state index contributed by atoms with van der Waals surface area (Å²) in [5.74, 6) is -1.40. The first-order valence-corrected chi connectivity index (χ1v) is 6.61. The summed E-state index contributed by atoms with van der Waals surface area (Å²) in [5.41, 5.74) is -5.29. The maximum absolute atomic E-state index is 12.9. The fraction of sp³-hybridized carbons (Fsp3) is 0.545. The second-order valence-corrected chi connectivity index (χ2v) is 5.30. The minimum Gasteiger partial charge on any atom is -0.362 e. The van der Waals surface area contributed by atoms with E-state index >= 15 is 0 Å². The van der Waals surface area contributed by atoms with Crippen LogP contribution in [0.5, 0.6) is 0 Å². The summed E-state index contributed by atoms with van der Waals surface area (Å²) >= 11 is 5.48. The second-order valence-electron chi connectivity index (χ2n) is 4.93. The van der Waals surface area contributed by atoms with E-state index in [1.807, 2.05) is 0 Å². The van der Waals surface area contributed by atoms with Crippen LogP contribution in [-0.4, -0.2) is 43.9 Å². The molecule has 1 aliphatic rings. The molecule has 0 aliphatic carbocycles. The molecule has 2 rings (SSSR count). The monoisotopic (exact) mass is 378 g/mol. The van der Waals surface area contributed by atoms with Crippen LogP contribution < -0.4 is 0 Å². The lowest BCUT2D eigenvalue weighted by Gasteiger charge is -2.32. The summed E-state index contributed by atoms with van der Waals surface area (Å²) in [7, 11) is 0. The smallest absolute Gasteiger partial charge is 0.362 e. The van der Waals surface area contributed by atoms with Gasteiger partial charge in [-0.25, -0.2) is 0 Å². The van der Waals surface area contributed by atoms with E-state index in [1.165, 1.54) is 0 Å². The number of nitrogens with zero attached hydrogens (tertiary/aromatic N) is 4. The standard InChI is InChI=1S/C11H9ClF6N4O2/c1-5-7(12)8(10(13,14)15)20-21(5)4-6(23)22-9(24,2-3-19-22)11(16,17)18/h3,24H,2,4H2,1H3/t9-/m0/s1. The molecule has 24 heavy (non-hydrogen) atoms. The zero-order valence-electron chi connectivity index (χ0n) is 11.8. The summed E-state index contributed by atoms with van der Waals surface area (Å²) in [6.45, 7) is 0.0957. The Morgan fingerprint density at radius 2 is 1.96 bits per heavy atom. The first-order chi connectivity index (χ1) is 10.8. The fourth-order valence-corrected chi connectivity index (χ4v) is 2.24. The molecular weight excluding hydrogens is 370 g/mol. The van der Waals surface area contributed by atoms with Crippen LogP contribution in [0.3, 0.4) is 0 Å². The van der Waals surface area contributed by atoms with Crippen molar-refractivity contribution in [3.05, 3.63) is 16.4 Å². The summed E-state index contributed by atoms with van der Waals surface area (Å²) in [5, 5.41) is 14.9. The minimum atomic E-state index is -5.20. The number of hydrogen-bond donors (Lipinski definition) is 1. The van der Waals surface area contributed by atoms with Crippen molar-refractivity contribution in [2.24, 2.45) is 5.10 Å². The zero-order chi connectivity index (χ0) is 18.5. The highest BCUT2D eigenvalue weighted by molar-refractivity contribution is 6.32. The number of carbonyl (C=O) groups excluding carboxylic acids is 1. The van der Waals surface area contributed by atoms with Crippen LogP contribution in [0, 0.1) is 6.92 Å². The molecule has 1 N–H and O–H groups in total. The van der Waals surface area contributed by atoms with Crippen molar-refractivity contribution in [2.75, 3.05) is 0 Å². The van der Waals surface area contributed by atoms with Gasteiger partial charge in [0.1, 0.15) is 6.54 Å². The van der Waals surface area contributed by atoms with E-state index in [9.17, 15) is 36.2 Å². The Hall–Kier alpha value is -1.82. The highest BCUT2D eigenvalue weighted by Crippen LogP contribution is 2.39. The molecule has 1 amide bonds. The van der Waals surface area contributed by atoms with Gasteiger partial charge in [-0.05, 0) is 6.92 Å². The van der Waals surface area contributed by atoms with Gasteiger partial charge in [-0.3, -0.25) is 9.48 Å². The van der Waals surface area contributed by atoms with Gasteiger partial charge in [0, 0.05) is 12.6 Å². The van der Waals surface area contributed by atoms with Gasteiger partial charge in [0.15, 0.2) is 5.69 Å². The lowest BCUT2D eigenvalue weighted by atomic mass is 10.1. The van der Waals surface area contributed by atoms with Gasteiger partial charge in [0.25, 0.3) is 11.6 Å². The molecule has 0 saturated heterocycles. The summed E-state index contributed by atoms with van der Waals surface area (Å²) in [4.78, 5) is 12.0. The van der Waals surface area contributed by atoms with Crippen LogP contribution in [0.25, 0.3) is 0 Å². The van der Waals surface area contributed by atoms with Gasteiger partial charge in [0.2, 0.25) is 0 Å². The quantitative estimate of drug-likeness (QED) is 0.803. The summed E-state index contributed by atoms with van der Waals surface area (Å²) in [6.07, 6.45) is -10.4. The molecule has 1 aliphatic heterocycles. The van der Waals surface area contributed by atoms with Gasteiger partial charge >= 0.3 is 12.4 Å². The van der Waals surface area contributed by atoms with Gasteiger partial charge in [-0.2, -0.15) is 41.6 Å². The lowest BCUT2D eigenvalue weighted by Crippen LogP contribution is -2.57. The Labute approximate surface area is 135 Å². The van der Waals surface area contributed by atoms with Crippen molar-refractivity contribution in [3.63, 3.8) is 0 Å². The third kappa shape index (κ3) is 2.95. The topological polar surface area (TPSA) is 70.7 Å².